The Hall–Kier alpha value is -3.68. The average Bonchev–Trinajstić information content (AvgIpc) is 3.29. The van der Waals surface area contributed by atoms with E-state index >= 15 is 0 Å². The molecule has 33 heavy (non-hydrogen) atoms. The number of hydrogen-bond donors (Lipinski definition) is 1. The Bertz CT molecular complexity index is 1310. The van der Waals surface area contributed by atoms with Crippen LogP contribution >= 0.6 is 22.9 Å². The van der Waals surface area contributed by atoms with Crippen molar-refractivity contribution in [3.05, 3.63) is 94.3 Å². The van der Waals surface area contributed by atoms with Gasteiger partial charge in [0.05, 0.1) is 5.69 Å². The second-order valence-electron chi connectivity index (χ2n) is 7.28. The molecule has 1 N–H and O–H groups in total. The van der Waals surface area contributed by atoms with Gasteiger partial charge in [-0.25, -0.2) is 4.98 Å². The molecular formula is C25H17ClN2O4S. The number of rotatable bonds is 5. The summed E-state index contributed by atoms with van der Waals surface area (Å²) in [7, 11) is 0. The standard InChI is InChI=1S/C25H17ClN2O4S/c26-18-10-4-1-7-15(18)19-14-33-25(27-19)28-22(29)13-31-24(30)23-16-8-2-5-11-20(16)32-21-12-6-3-9-17(21)23/h1-12,14,23H,13H2,(H,27,28,29). The van der Waals surface area contributed by atoms with Gasteiger partial charge in [-0.1, -0.05) is 66.2 Å². The fraction of sp³-hybridized carbons (Fsp3) is 0.0800. The summed E-state index contributed by atoms with van der Waals surface area (Å²) in [5.41, 5.74) is 2.84. The van der Waals surface area contributed by atoms with E-state index in [9.17, 15) is 9.59 Å². The van der Waals surface area contributed by atoms with Gasteiger partial charge in [-0.2, -0.15) is 0 Å². The molecule has 0 radical (unpaired) electrons. The number of ether oxygens (including phenoxy) is 2. The summed E-state index contributed by atoms with van der Waals surface area (Å²) in [6, 6.07) is 21.9. The SMILES string of the molecule is O=C(COC(=O)C1c2ccccc2Oc2ccccc21)Nc1nc(-c2ccccc2Cl)cs1. The largest absolute Gasteiger partial charge is 0.457 e. The van der Waals surface area contributed by atoms with Gasteiger partial charge in [-0.15, -0.1) is 11.3 Å². The summed E-state index contributed by atoms with van der Waals surface area (Å²) in [4.78, 5) is 29.9. The molecule has 0 atom stereocenters. The summed E-state index contributed by atoms with van der Waals surface area (Å²) < 4.78 is 11.3. The average molecular weight is 477 g/mol. The van der Waals surface area contributed by atoms with Crippen LogP contribution in [0.1, 0.15) is 17.0 Å². The molecule has 1 amide bonds. The topological polar surface area (TPSA) is 77.5 Å². The minimum Gasteiger partial charge on any atom is -0.457 e. The highest BCUT2D eigenvalue weighted by Gasteiger charge is 2.33. The second kappa shape index (κ2) is 9.05. The van der Waals surface area contributed by atoms with Crippen molar-refractivity contribution >= 4 is 39.9 Å². The van der Waals surface area contributed by atoms with E-state index < -0.39 is 24.4 Å². The first-order valence-electron chi connectivity index (χ1n) is 10.1. The van der Waals surface area contributed by atoms with Gasteiger partial charge in [-0.05, 0) is 18.2 Å². The molecule has 0 saturated heterocycles. The number of anilines is 1. The minimum absolute atomic E-state index is 0.396. The van der Waals surface area contributed by atoms with Crippen molar-refractivity contribution in [1.82, 2.24) is 4.98 Å². The Balaban J connectivity index is 1.27. The maximum Gasteiger partial charge on any atom is 0.318 e. The van der Waals surface area contributed by atoms with Gasteiger partial charge in [0.2, 0.25) is 0 Å². The van der Waals surface area contributed by atoms with Crippen LogP contribution in [0, 0.1) is 0 Å². The quantitative estimate of drug-likeness (QED) is 0.364. The van der Waals surface area contributed by atoms with Crippen LogP contribution < -0.4 is 10.1 Å². The fourth-order valence-electron chi connectivity index (χ4n) is 3.66. The second-order valence-corrected chi connectivity index (χ2v) is 8.55. The third-order valence-electron chi connectivity index (χ3n) is 5.16. The Labute approximate surface area is 198 Å². The Kier molecular flexibility index (Phi) is 5.81. The first-order valence-corrected chi connectivity index (χ1v) is 11.4. The predicted octanol–water partition coefficient (Wildman–Crippen LogP) is 5.88. The van der Waals surface area contributed by atoms with Crippen molar-refractivity contribution < 1.29 is 19.1 Å². The lowest BCUT2D eigenvalue weighted by Crippen LogP contribution is -2.26. The van der Waals surface area contributed by atoms with Crippen LogP contribution in [0.15, 0.2) is 78.2 Å². The number of carbonyl (C=O) groups excluding carboxylic acids is 2. The van der Waals surface area contributed by atoms with Crippen LogP contribution in [0.2, 0.25) is 5.02 Å². The fourth-order valence-corrected chi connectivity index (χ4v) is 4.62. The van der Waals surface area contributed by atoms with E-state index in [1.165, 1.54) is 11.3 Å². The number of para-hydroxylation sites is 2. The molecule has 1 aromatic heterocycles. The van der Waals surface area contributed by atoms with Gasteiger partial charge in [-0.3, -0.25) is 14.9 Å². The van der Waals surface area contributed by atoms with Crippen molar-refractivity contribution in [2.45, 2.75) is 5.92 Å². The number of aromatic nitrogens is 1. The number of esters is 1. The zero-order valence-corrected chi connectivity index (χ0v) is 18.7. The number of amides is 1. The van der Waals surface area contributed by atoms with E-state index in [1.54, 1.807) is 23.6 Å². The first-order chi connectivity index (χ1) is 16.1. The summed E-state index contributed by atoms with van der Waals surface area (Å²) in [6.07, 6.45) is 0. The van der Waals surface area contributed by atoms with Crippen molar-refractivity contribution in [3.63, 3.8) is 0 Å². The van der Waals surface area contributed by atoms with Crippen molar-refractivity contribution in [2.75, 3.05) is 11.9 Å². The lowest BCUT2D eigenvalue weighted by Gasteiger charge is -2.26. The molecule has 3 aromatic carbocycles. The number of carbonyl (C=O) groups is 2. The van der Waals surface area contributed by atoms with E-state index in [1.807, 2.05) is 54.6 Å². The molecule has 1 aliphatic heterocycles. The lowest BCUT2D eigenvalue weighted by molar-refractivity contribution is -0.148. The molecule has 0 unspecified atom stereocenters. The van der Waals surface area contributed by atoms with Crippen molar-refractivity contribution in [2.24, 2.45) is 0 Å². The smallest absolute Gasteiger partial charge is 0.318 e. The number of benzene rings is 3. The summed E-state index contributed by atoms with van der Waals surface area (Å²) in [6.45, 7) is -0.429. The molecule has 6 nitrogen and oxygen atoms in total. The lowest BCUT2D eigenvalue weighted by atomic mass is 9.88. The number of hydrogen-bond acceptors (Lipinski definition) is 6. The molecule has 0 fully saturated rings. The minimum atomic E-state index is -0.675. The molecular weight excluding hydrogens is 460 g/mol. The third-order valence-corrected chi connectivity index (χ3v) is 6.25. The molecule has 2 heterocycles. The van der Waals surface area contributed by atoms with E-state index in [0.29, 0.717) is 38.5 Å². The van der Waals surface area contributed by atoms with E-state index in [0.717, 1.165) is 5.56 Å². The molecule has 0 aliphatic carbocycles. The third kappa shape index (κ3) is 4.33. The highest BCUT2D eigenvalue weighted by atomic mass is 35.5. The molecule has 8 heteroatoms. The number of thiazole rings is 1. The summed E-state index contributed by atoms with van der Waals surface area (Å²) in [5, 5.41) is 5.45. The zero-order valence-electron chi connectivity index (χ0n) is 17.2. The number of fused-ring (bicyclic) bond motifs is 2. The highest BCUT2D eigenvalue weighted by Crippen LogP contribution is 2.44. The normalized spacial score (nSPS) is 12.3. The van der Waals surface area contributed by atoms with Gasteiger partial charge in [0.25, 0.3) is 5.91 Å². The zero-order chi connectivity index (χ0) is 22.8. The van der Waals surface area contributed by atoms with Crippen molar-refractivity contribution in [1.29, 1.82) is 0 Å². The van der Waals surface area contributed by atoms with Gasteiger partial charge < -0.3 is 9.47 Å². The summed E-state index contributed by atoms with van der Waals surface area (Å²) >= 11 is 7.48. The molecule has 1 aliphatic rings. The maximum absolute atomic E-state index is 13.0. The number of halogens is 1. The van der Waals surface area contributed by atoms with Crippen LogP contribution in [-0.4, -0.2) is 23.5 Å². The highest BCUT2D eigenvalue weighted by molar-refractivity contribution is 7.14. The summed E-state index contributed by atoms with van der Waals surface area (Å²) in [5.74, 6) is -0.484. The van der Waals surface area contributed by atoms with Gasteiger partial charge in [0.15, 0.2) is 11.7 Å². The molecule has 5 rings (SSSR count). The van der Waals surface area contributed by atoms with E-state index in [2.05, 4.69) is 10.3 Å². The van der Waals surface area contributed by atoms with Gasteiger partial charge in [0, 0.05) is 27.1 Å². The van der Waals surface area contributed by atoms with Crippen LogP contribution in [-0.2, 0) is 14.3 Å². The van der Waals surface area contributed by atoms with E-state index in [4.69, 9.17) is 21.1 Å². The monoisotopic (exact) mass is 476 g/mol. The number of nitrogens with one attached hydrogen (secondary N) is 1. The number of nitrogens with zero attached hydrogens (tertiary/aromatic N) is 1. The molecule has 4 aromatic rings. The molecule has 0 spiro atoms. The molecule has 164 valence electrons. The maximum atomic E-state index is 13.0. The van der Waals surface area contributed by atoms with Gasteiger partial charge in [0.1, 0.15) is 17.4 Å². The molecule has 0 bridgehead atoms. The van der Waals surface area contributed by atoms with E-state index in [-0.39, 0.29) is 0 Å². The van der Waals surface area contributed by atoms with Gasteiger partial charge >= 0.3 is 5.97 Å². The first kappa shape index (κ1) is 21.2. The Morgan fingerprint density at radius 3 is 2.30 bits per heavy atom. The predicted molar refractivity (Wildman–Crippen MR) is 127 cm³/mol. The van der Waals surface area contributed by atoms with Crippen LogP contribution in [0.5, 0.6) is 11.5 Å². The van der Waals surface area contributed by atoms with Crippen LogP contribution in [0.25, 0.3) is 11.3 Å². The Morgan fingerprint density at radius 1 is 0.970 bits per heavy atom. The van der Waals surface area contributed by atoms with Crippen LogP contribution in [0.4, 0.5) is 5.13 Å². The van der Waals surface area contributed by atoms with Crippen molar-refractivity contribution in [3.8, 4) is 22.8 Å². The van der Waals surface area contributed by atoms with Crippen LogP contribution in [0.3, 0.4) is 0 Å². The molecule has 0 saturated carbocycles. The Morgan fingerprint density at radius 2 is 1.61 bits per heavy atom.